The standard InChI is InChI=1S/C26H31N3O4/c30-23(29-33)11-10-22-9-8-18(16-27-22)17-28-24(25(31)32)26(12-4-1-5-13-26)21-14-19-6-2-3-7-20(19)15-21/h2-3,6-11,16,21,24,28,33H,1,4-5,12-15,17H2,(H,29,30)(H,31,32)/t24-/m1/s1. The molecular weight excluding hydrogens is 418 g/mol. The predicted octanol–water partition coefficient (Wildman–Crippen LogP) is 3.51. The molecule has 0 aliphatic heterocycles. The summed E-state index contributed by atoms with van der Waals surface area (Å²) >= 11 is 0. The first-order valence-electron chi connectivity index (χ1n) is 11.6. The van der Waals surface area contributed by atoms with Gasteiger partial charge in [-0.1, -0.05) is 49.6 Å². The van der Waals surface area contributed by atoms with Crippen LogP contribution in [0.5, 0.6) is 0 Å². The number of hydrogen-bond donors (Lipinski definition) is 4. The first-order chi connectivity index (χ1) is 16.0. The number of carboxylic acid groups (broad SMARTS) is 1. The fourth-order valence-corrected chi connectivity index (χ4v) is 5.70. The average molecular weight is 450 g/mol. The Balaban J connectivity index is 1.49. The van der Waals surface area contributed by atoms with Crippen LogP contribution < -0.4 is 10.8 Å². The minimum absolute atomic E-state index is 0.267. The van der Waals surface area contributed by atoms with E-state index in [9.17, 15) is 14.7 Å². The van der Waals surface area contributed by atoms with Crippen molar-refractivity contribution in [2.45, 2.75) is 57.5 Å². The molecule has 33 heavy (non-hydrogen) atoms. The second-order valence-corrected chi connectivity index (χ2v) is 9.22. The van der Waals surface area contributed by atoms with Gasteiger partial charge in [-0.25, -0.2) is 5.48 Å². The summed E-state index contributed by atoms with van der Waals surface area (Å²) in [4.78, 5) is 28.0. The molecule has 0 radical (unpaired) electrons. The van der Waals surface area contributed by atoms with E-state index in [0.717, 1.165) is 44.1 Å². The molecule has 0 bridgehead atoms. The minimum Gasteiger partial charge on any atom is -0.480 e. The minimum atomic E-state index is -0.782. The largest absolute Gasteiger partial charge is 0.480 e. The molecule has 0 spiro atoms. The monoisotopic (exact) mass is 449 g/mol. The molecule has 0 unspecified atom stereocenters. The summed E-state index contributed by atoms with van der Waals surface area (Å²) in [6.07, 6.45) is 11.4. The van der Waals surface area contributed by atoms with E-state index in [0.29, 0.717) is 18.2 Å². The lowest BCUT2D eigenvalue weighted by Crippen LogP contribution is -2.55. The van der Waals surface area contributed by atoms with Gasteiger partial charge in [-0.3, -0.25) is 25.1 Å². The molecule has 1 heterocycles. The number of pyridine rings is 1. The van der Waals surface area contributed by atoms with Crippen molar-refractivity contribution in [2.75, 3.05) is 0 Å². The molecule has 7 heteroatoms. The second-order valence-electron chi connectivity index (χ2n) is 9.22. The van der Waals surface area contributed by atoms with E-state index in [-0.39, 0.29) is 5.41 Å². The SMILES string of the molecule is O=C(C=Cc1ccc(CN[C@H](C(=O)O)C2(C3Cc4ccccc4C3)CCCCC2)cn1)NO. The third kappa shape index (κ3) is 5.15. The smallest absolute Gasteiger partial charge is 0.321 e. The van der Waals surface area contributed by atoms with Crippen molar-refractivity contribution in [1.29, 1.82) is 0 Å². The van der Waals surface area contributed by atoms with Crippen LogP contribution in [0.2, 0.25) is 0 Å². The van der Waals surface area contributed by atoms with Crippen molar-refractivity contribution in [1.82, 2.24) is 15.8 Å². The van der Waals surface area contributed by atoms with E-state index in [1.54, 1.807) is 12.3 Å². The molecule has 2 aliphatic carbocycles. The van der Waals surface area contributed by atoms with Gasteiger partial charge in [0.15, 0.2) is 0 Å². The lowest BCUT2D eigenvalue weighted by molar-refractivity contribution is -0.146. The molecular formula is C26H31N3O4. The zero-order valence-corrected chi connectivity index (χ0v) is 18.7. The zero-order chi connectivity index (χ0) is 23.3. The van der Waals surface area contributed by atoms with Crippen LogP contribution in [0.1, 0.15) is 54.5 Å². The van der Waals surface area contributed by atoms with Gasteiger partial charge < -0.3 is 5.11 Å². The average Bonchev–Trinajstić information content (AvgIpc) is 3.29. The summed E-state index contributed by atoms with van der Waals surface area (Å²) in [6.45, 7) is 0.409. The van der Waals surface area contributed by atoms with E-state index in [2.05, 4.69) is 34.6 Å². The summed E-state index contributed by atoms with van der Waals surface area (Å²) in [5.41, 5.74) is 5.44. The fraction of sp³-hybridized carbons (Fsp3) is 0.423. The van der Waals surface area contributed by atoms with Crippen LogP contribution in [0.3, 0.4) is 0 Å². The molecule has 1 amide bonds. The lowest BCUT2D eigenvalue weighted by atomic mass is 9.60. The van der Waals surface area contributed by atoms with Crippen molar-refractivity contribution in [3.8, 4) is 0 Å². The predicted molar refractivity (Wildman–Crippen MR) is 124 cm³/mol. The van der Waals surface area contributed by atoms with E-state index in [4.69, 9.17) is 5.21 Å². The molecule has 2 aromatic rings. The van der Waals surface area contributed by atoms with Crippen molar-refractivity contribution >= 4 is 18.0 Å². The van der Waals surface area contributed by atoms with Gasteiger partial charge in [0.1, 0.15) is 6.04 Å². The third-order valence-corrected chi connectivity index (χ3v) is 7.34. The Kier molecular flexibility index (Phi) is 7.20. The number of nitrogens with one attached hydrogen (secondary N) is 2. The lowest BCUT2D eigenvalue weighted by Gasteiger charge is -2.46. The Labute approximate surface area is 193 Å². The number of benzene rings is 1. The molecule has 7 nitrogen and oxygen atoms in total. The second kappa shape index (κ2) is 10.3. The van der Waals surface area contributed by atoms with Crippen molar-refractivity contribution in [2.24, 2.45) is 11.3 Å². The van der Waals surface area contributed by atoms with E-state index in [1.807, 2.05) is 6.07 Å². The maximum Gasteiger partial charge on any atom is 0.321 e. The Morgan fingerprint density at radius 2 is 1.79 bits per heavy atom. The van der Waals surface area contributed by atoms with Crippen LogP contribution >= 0.6 is 0 Å². The van der Waals surface area contributed by atoms with Crippen molar-refractivity contribution in [3.05, 3.63) is 71.1 Å². The molecule has 1 atom stereocenters. The number of carboxylic acids is 1. The Morgan fingerprint density at radius 1 is 1.09 bits per heavy atom. The fourth-order valence-electron chi connectivity index (χ4n) is 5.70. The topological polar surface area (TPSA) is 112 Å². The molecule has 1 aromatic carbocycles. The molecule has 4 N–H and O–H groups in total. The summed E-state index contributed by atoms with van der Waals surface area (Å²) in [7, 11) is 0. The summed E-state index contributed by atoms with van der Waals surface area (Å²) in [5.74, 6) is -1.08. The van der Waals surface area contributed by atoms with Crippen LogP contribution in [0, 0.1) is 11.3 Å². The van der Waals surface area contributed by atoms with Crippen molar-refractivity contribution in [3.63, 3.8) is 0 Å². The number of rotatable bonds is 8. The summed E-state index contributed by atoms with van der Waals surface area (Å²) < 4.78 is 0. The Bertz CT molecular complexity index is 987. The van der Waals surface area contributed by atoms with Gasteiger partial charge in [0, 0.05) is 18.8 Å². The Morgan fingerprint density at radius 3 is 2.36 bits per heavy atom. The molecule has 2 aliphatic rings. The van der Waals surface area contributed by atoms with Crippen molar-refractivity contribution < 1.29 is 19.9 Å². The van der Waals surface area contributed by atoms with Gasteiger partial charge in [-0.15, -0.1) is 0 Å². The van der Waals surface area contributed by atoms with Crippen LogP contribution in [0.15, 0.2) is 48.7 Å². The molecule has 0 saturated heterocycles. The molecule has 1 aromatic heterocycles. The highest BCUT2D eigenvalue weighted by Crippen LogP contribution is 2.50. The van der Waals surface area contributed by atoms with Gasteiger partial charge in [-0.2, -0.15) is 0 Å². The number of carbonyl (C=O) groups excluding carboxylic acids is 1. The maximum absolute atomic E-state index is 12.5. The first kappa shape index (κ1) is 23.1. The van der Waals surface area contributed by atoms with E-state index >= 15 is 0 Å². The highest BCUT2D eigenvalue weighted by Gasteiger charge is 2.50. The molecule has 174 valence electrons. The Hall–Kier alpha value is -3.03. The highest BCUT2D eigenvalue weighted by atomic mass is 16.5. The highest BCUT2D eigenvalue weighted by molar-refractivity contribution is 5.90. The molecule has 4 rings (SSSR count). The van der Waals surface area contributed by atoms with E-state index < -0.39 is 17.9 Å². The van der Waals surface area contributed by atoms with Crippen LogP contribution in [-0.2, 0) is 29.0 Å². The normalized spacial score (nSPS) is 18.7. The maximum atomic E-state index is 12.5. The van der Waals surface area contributed by atoms with Gasteiger partial charge in [0.25, 0.3) is 5.91 Å². The number of fused-ring (bicyclic) bond motifs is 1. The van der Waals surface area contributed by atoms with E-state index in [1.165, 1.54) is 35.2 Å². The van der Waals surface area contributed by atoms with Gasteiger partial charge >= 0.3 is 5.97 Å². The zero-order valence-electron chi connectivity index (χ0n) is 18.7. The molecule has 1 fully saturated rings. The number of hydroxylamine groups is 1. The quantitative estimate of drug-likeness (QED) is 0.279. The number of aliphatic carboxylic acids is 1. The number of hydrogen-bond acceptors (Lipinski definition) is 5. The van der Waals surface area contributed by atoms with Crippen LogP contribution in [0.4, 0.5) is 0 Å². The van der Waals surface area contributed by atoms with Gasteiger partial charge in [0.05, 0.1) is 5.69 Å². The third-order valence-electron chi connectivity index (χ3n) is 7.34. The number of amides is 1. The van der Waals surface area contributed by atoms with Crippen LogP contribution in [0.25, 0.3) is 6.08 Å². The van der Waals surface area contributed by atoms with Gasteiger partial charge in [-0.05, 0) is 65.8 Å². The molecule has 1 saturated carbocycles. The van der Waals surface area contributed by atoms with Crippen LogP contribution in [-0.4, -0.2) is 33.2 Å². The summed E-state index contributed by atoms with van der Waals surface area (Å²) in [5, 5.41) is 22.2. The number of carbonyl (C=O) groups is 2. The first-order valence-corrected chi connectivity index (χ1v) is 11.6. The van der Waals surface area contributed by atoms with Gasteiger partial charge in [0.2, 0.25) is 0 Å². The number of aromatic nitrogens is 1. The summed E-state index contributed by atoms with van der Waals surface area (Å²) in [6, 6.07) is 11.5. The number of nitrogens with zero attached hydrogens (tertiary/aromatic N) is 1.